The van der Waals surface area contributed by atoms with Crippen molar-refractivity contribution in [3.05, 3.63) is 42.0 Å². The highest BCUT2D eigenvalue weighted by Gasteiger charge is 2.57. The molecule has 0 bridgehead atoms. The summed E-state index contributed by atoms with van der Waals surface area (Å²) in [6.07, 6.45) is 0.272. The number of ketones is 1. The Labute approximate surface area is 547 Å². The summed E-state index contributed by atoms with van der Waals surface area (Å²) in [6, 6.07) is 9.01. The summed E-state index contributed by atoms with van der Waals surface area (Å²) in [5.74, 6) is -2.51. The fourth-order valence-corrected chi connectivity index (χ4v) is 13.0. The van der Waals surface area contributed by atoms with E-state index < -0.39 is 141 Å². The van der Waals surface area contributed by atoms with Gasteiger partial charge in [-0.1, -0.05) is 199 Å². The Balaban J connectivity index is 1.24. The molecule has 21 heteroatoms. The van der Waals surface area contributed by atoms with Crippen molar-refractivity contribution in [2.45, 2.75) is 376 Å². The first-order valence-corrected chi connectivity index (χ1v) is 35.6. The van der Waals surface area contributed by atoms with Crippen molar-refractivity contribution in [2.24, 2.45) is 0 Å². The van der Waals surface area contributed by atoms with Crippen LogP contribution in [0.5, 0.6) is 0 Å². The van der Waals surface area contributed by atoms with Crippen molar-refractivity contribution in [1.82, 2.24) is 0 Å². The average molecular weight is 1310 g/mol. The molecule has 1 aromatic carbocycles. The average Bonchev–Trinajstić information content (AvgIpc) is 0.794. The number of hydrogen-bond acceptors (Lipinski definition) is 21. The second kappa shape index (κ2) is 42.2. The summed E-state index contributed by atoms with van der Waals surface area (Å²) in [4.78, 5) is 67.4. The Kier molecular flexibility index (Phi) is 35.6. The van der Waals surface area contributed by atoms with Gasteiger partial charge in [0.05, 0.1) is 30.5 Å². The van der Waals surface area contributed by atoms with Crippen molar-refractivity contribution in [2.75, 3.05) is 0 Å². The molecule has 5 saturated heterocycles. The minimum atomic E-state index is -1.79. The Morgan fingerprint density at radius 1 is 0.478 bits per heavy atom. The molecule has 0 unspecified atom stereocenters. The van der Waals surface area contributed by atoms with Crippen LogP contribution < -0.4 is 0 Å². The van der Waals surface area contributed by atoms with E-state index in [1.807, 2.05) is 6.07 Å². The standard InChI is InChI=1S/C71H116O21/c1-8-11-14-16-18-19-24-28-35-42-53(73)86-61-48(6)83-69(66(59(61)79)88-55(75)45-44-50-37-31-29-32-38-50)90-63-49(7)84-70(67(60(63)80)87-54(74)43-36-27-21-17-15-12-9-2)89-62-47(5)81-64-52(72)41-34-26-23-20-22-25-33-40-51(39-30-13-10-3)85-71-68(92-91-65(64)58(62)78)57(77)56(76)46(4)82-71/h29,31-32,37-38,44-49,51,56-71,76-80H,8-28,30,33-36,39-43H2,1-7H3/b45-44+/t46-,47+,48+,49+,51+,56+,57+,58-,59-,60-,61+,62+,63+,64+,65-,66-,67-,68-,69+,70+,71+/m1/s1. The summed E-state index contributed by atoms with van der Waals surface area (Å²) in [5, 5.41) is 60.0. The van der Waals surface area contributed by atoms with Crippen molar-refractivity contribution >= 4 is 29.8 Å². The topological polar surface area (TPSA) is 280 Å². The van der Waals surface area contributed by atoms with Crippen LogP contribution >= 0.6 is 0 Å². The first-order valence-electron chi connectivity index (χ1n) is 35.6. The summed E-state index contributed by atoms with van der Waals surface area (Å²) >= 11 is 0. The van der Waals surface area contributed by atoms with E-state index in [1.54, 1.807) is 52.0 Å². The lowest BCUT2D eigenvalue weighted by Crippen LogP contribution is -2.66. The fraction of sp³-hybridized carbons (Fsp3) is 0.831. The molecular formula is C71H116O21. The normalized spacial score (nSPS) is 34.7. The summed E-state index contributed by atoms with van der Waals surface area (Å²) in [5.41, 5.74) is 0.693. The van der Waals surface area contributed by atoms with Gasteiger partial charge in [0.15, 0.2) is 55.2 Å². The zero-order valence-electron chi connectivity index (χ0n) is 56.4. The predicted molar refractivity (Wildman–Crippen MR) is 342 cm³/mol. The smallest absolute Gasteiger partial charge is 0.331 e. The number of carbonyl (C=O) groups is 4. The third-order valence-electron chi connectivity index (χ3n) is 18.6. The third kappa shape index (κ3) is 24.8. The molecule has 92 heavy (non-hydrogen) atoms. The minimum absolute atomic E-state index is 0.0228. The quantitative estimate of drug-likeness (QED) is 0.0152. The first kappa shape index (κ1) is 77.5. The number of rotatable bonds is 31. The maximum Gasteiger partial charge on any atom is 0.331 e. The molecule has 0 aliphatic carbocycles. The molecule has 0 aromatic heterocycles. The molecule has 5 aliphatic heterocycles. The molecule has 0 saturated carbocycles. The molecular weight excluding hydrogens is 1190 g/mol. The summed E-state index contributed by atoms with van der Waals surface area (Å²) in [6.45, 7) is 12.8. The highest BCUT2D eigenvalue weighted by molar-refractivity contribution is 5.87. The zero-order valence-corrected chi connectivity index (χ0v) is 56.4. The second-order valence-corrected chi connectivity index (χ2v) is 26.4. The molecule has 6 rings (SSSR count). The number of benzene rings is 1. The SMILES string of the molecule is CCCCCCCCCCCC(=O)O[C@@H]1[C@@H](O)[C@@H](OC(=O)/C=C/c2ccccc2)[C@H](O[C@@H]2[C@@H](O)[C@@H](OC(=O)CCCCCCCCC)[C@H](O[C@@H]3[C@@H](O)[C@H]4OO[C@H]5[C@H](O[C@@H](CCCCC)CCCCCCCCCC(=O)[C@@H]4O[C@H]3C)O[C@H](C)[C@H](O)[C@@H]5O)O[C@H]2C)O[C@H]1C. The number of carbonyl (C=O) groups excluding carboxylic acids is 4. The van der Waals surface area contributed by atoms with Crippen molar-refractivity contribution in [3.8, 4) is 0 Å². The molecule has 21 atom stereocenters. The van der Waals surface area contributed by atoms with E-state index in [-0.39, 0.29) is 31.1 Å². The maximum absolute atomic E-state index is 14.3. The Morgan fingerprint density at radius 3 is 1.55 bits per heavy atom. The van der Waals surface area contributed by atoms with Crippen molar-refractivity contribution in [3.63, 3.8) is 0 Å². The molecule has 0 spiro atoms. The van der Waals surface area contributed by atoms with Crippen LogP contribution in [0.2, 0.25) is 0 Å². The number of hydrogen-bond donors (Lipinski definition) is 5. The van der Waals surface area contributed by atoms with Gasteiger partial charge < -0.3 is 72.9 Å². The van der Waals surface area contributed by atoms with Crippen LogP contribution in [0.15, 0.2) is 36.4 Å². The fourth-order valence-electron chi connectivity index (χ4n) is 13.0. The van der Waals surface area contributed by atoms with E-state index in [1.165, 1.54) is 37.8 Å². The highest BCUT2D eigenvalue weighted by atomic mass is 17.2. The molecule has 526 valence electrons. The largest absolute Gasteiger partial charge is 0.457 e. The predicted octanol–water partition coefficient (Wildman–Crippen LogP) is 10.8. The molecule has 0 amide bonds. The van der Waals surface area contributed by atoms with Gasteiger partial charge in [0.25, 0.3) is 0 Å². The molecule has 0 radical (unpaired) electrons. The van der Waals surface area contributed by atoms with Gasteiger partial charge in [-0.25, -0.2) is 14.6 Å². The molecule has 5 aliphatic rings. The van der Waals surface area contributed by atoms with Gasteiger partial charge in [-0.2, -0.15) is 0 Å². The number of ether oxygens (including phenoxy) is 10. The van der Waals surface area contributed by atoms with Crippen LogP contribution in [0, 0.1) is 0 Å². The van der Waals surface area contributed by atoms with Crippen LogP contribution in [-0.2, 0) is 76.3 Å². The van der Waals surface area contributed by atoms with Gasteiger partial charge in [-0.05, 0) is 71.4 Å². The van der Waals surface area contributed by atoms with E-state index in [0.717, 1.165) is 135 Å². The number of Topliss-reactive ketones (excluding diaryl/α,β-unsaturated/α-hetero) is 1. The van der Waals surface area contributed by atoms with E-state index in [2.05, 4.69) is 20.8 Å². The minimum Gasteiger partial charge on any atom is -0.457 e. The number of aliphatic hydroxyl groups is 5. The monoisotopic (exact) mass is 1300 g/mol. The number of esters is 3. The highest BCUT2D eigenvalue weighted by Crippen LogP contribution is 2.38. The second-order valence-electron chi connectivity index (χ2n) is 26.4. The summed E-state index contributed by atoms with van der Waals surface area (Å²) in [7, 11) is 0. The van der Waals surface area contributed by atoms with Crippen LogP contribution in [-0.4, -0.2) is 178 Å². The van der Waals surface area contributed by atoms with Gasteiger partial charge in [0, 0.05) is 25.3 Å². The van der Waals surface area contributed by atoms with E-state index in [9.17, 15) is 44.7 Å². The summed E-state index contributed by atoms with van der Waals surface area (Å²) < 4.78 is 63.1. The molecule has 21 nitrogen and oxygen atoms in total. The molecule has 1 aromatic rings. The lowest BCUT2D eigenvalue weighted by molar-refractivity contribution is -0.444. The van der Waals surface area contributed by atoms with Gasteiger partial charge in [0.2, 0.25) is 0 Å². The van der Waals surface area contributed by atoms with Gasteiger partial charge in [0.1, 0.15) is 48.8 Å². The van der Waals surface area contributed by atoms with Crippen LogP contribution in [0.1, 0.15) is 253 Å². The lowest BCUT2D eigenvalue weighted by atomic mass is 9.91. The lowest BCUT2D eigenvalue weighted by Gasteiger charge is -2.49. The third-order valence-corrected chi connectivity index (χ3v) is 18.6. The van der Waals surface area contributed by atoms with Crippen molar-refractivity contribution < 1.29 is 102 Å². The Morgan fingerprint density at radius 2 is 0.957 bits per heavy atom. The van der Waals surface area contributed by atoms with Gasteiger partial charge >= 0.3 is 17.9 Å². The molecule has 5 fully saturated rings. The number of unbranched alkanes of at least 4 members (excludes halogenated alkanes) is 16. The molecule has 5 heterocycles. The van der Waals surface area contributed by atoms with E-state index in [0.29, 0.717) is 24.8 Å². The van der Waals surface area contributed by atoms with Gasteiger partial charge in [-0.3, -0.25) is 14.4 Å². The zero-order chi connectivity index (χ0) is 66.4. The number of fused-ring (bicyclic) bond motifs is 2. The van der Waals surface area contributed by atoms with Crippen LogP contribution in [0.3, 0.4) is 0 Å². The first-order chi connectivity index (χ1) is 44.4. The van der Waals surface area contributed by atoms with Gasteiger partial charge in [-0.15, -0.1) is 0 Å². The van der Waals surface area contributed by atoms with Crippen LogP contribution in [0.25, 0.3) is 6.08 Å². The Bertz CT molecular complexity index is 2260. The van der Waals surface area contributed by atoms with E-state index >= 15 is 0 Å². The van der Waals surface area contributed by atoms with Crippen molar-refractivity contribution in [1.29, 1.82) is 0 Å². The van der Waals surface area contributed by atoms with E-state index in [4.69, 9.17) is 57.1 Å². The Hall–Kier alpha value is -3.52. The van der Waals surface area contributed by atoms with Crippen LogP contribution in [0.4, 0.5) is 0 Å². The molecule has 5 N–H and O–H groups in total. The maximum atomic E-state index is 14.3. The number of aliphatic hydroxyl groups excluding tert-OH is 5.